The Morgan fingerprint density at radius 2 is 1.72 bits per heavy atom. The molecule has 1 fully saturated rings. The average molecular weight is 491 g/mol. The lowest BCUT2D eigenvalue weighted by atomic mass is 10.2. The van der Waals surface area contributed by atoms with E-state index in [2.05, 4.69) is 26.9 Å². The Kier molecular flexibility index (Phi) is 6.82. The Labute approximate surface area is 210 Å². The van der Waals surface area contributed by atoms with Gasteiger partial charge >= 0.3 is 0 Å². The van der Waals surface area contributed by atoms with Crippen molar-refractivity contribution in [1.29, 1.82) is 0 Å². The van der Waals surface area contributed by atoms with Gasteiger partial charge in [-0.3, -0.25) is 14.1 Å². The summed E-state index contributed by atoms with van der Waals surface area (Å²) in [5, 5.41) is 0. The molecular formula is C27H34N6O3. The molecule has 1 aliphatic heterocycles. The molecule has 0 atom stereocenters. The normalized spacial score (nSPS) is 14.6. The maximum absolute atomic E-state index is 13.6. The monoisotopic (exact) mass is 490 g/mol. The van der Waals surface area contributed by atoms with Crippen LogP contribution in [-0.2, 0) is 13.0 Å². The Hall–Kier alpha value is -3.59. The summed E-state index contributed by atoms with van der Waals surface area (Å²) in [5.41, 5.74) is 4.00. The molecule has 0 spiro atoms. The number of piperazine rings is 1. The molecule has 190 valence electrons. The zero-order valence-corrected chi connectivity index (χ0v) is 21.5. The van der Waals surface area contributed by atoms with Crippen LogP contribution in [0.15, 0.2) is 41.2 Å². The van der Waals surface area contributed by atoms with Crippen molar-refractivity contribution in [3.8, 4) is 11.6 Å². The summed E-state index contributed by atoms with van der Waals surface area (Å²) in [4.78, 5) is 27.8. The van der Waals surface area contributed by atoms with Gasteiger partial charge in [-0.05, 0) is 38.1 Å². The molecule has 1 aromatic carbocycles. The molecule has 3 aromatic heterocycles. The summed E-state index contributed by atoms with van der Waals surface area (Å²) in [6.07, 6.45) is 1.59. The molecule has 9 nitrogen and oxygen atoms in total. The van der Waals surface area contributed by atoms with Crippen LogP contribution in [0.1, 0.15) is 24.9 Å². The van der Waals surface area contributed by atoms with Gasteiger partial charge in [-0.25, -0.2) is 4.98 Å². The standard InChI is InChI=1S/C27H34N6O3/c1-5-23-28-19(2)25-27(34)32(21-11-12-24(36-4)29-26(21)33(23)25)14-8-13-30-15-17-31(18-16-30)20-9-6-7-10-22(20)35-3/h6-7,9-12H,5,8,13-18H2,1-4H3. The van der Waals surface area contributed by atoms with Crippen LogP contribution in [0, 0.1) is 6.92 Å². The summed E-state index contributed by atoms with van der Waals surface area (Å²) >= 11 is 0. The molecule has 0 bridgehead atoms. The van der Waals surface area contributed by atoms with Crippen molar-refractivity contribution in [1.82, 2.24) is 23.8 Å². The van der Waals surface area contributed by atoms with E-state index in [4.69, 9.17) is 14.5 Å². The molecular weight excluding hydrogens is 456 g/mol. The number of hydrogen-bond acceptors (Lipinski definition) is 7. The van der Waals surface area contributed by atoms with E-state index in [-0.39, 0.29) is 5.56 Å². The lowest BCUT2D eigenvalue weighted by Crippen LogP contribution is -2.47. The fourth-order valence-corrected chi connectivity index (χ4v) is 5.23. The first-order valence-electron chi connectivity index (χ1n) is 12.6. The first-order chi connectivity index (χ1) is 17.5. The second kappa shape index (κ2) is 10.2. The number of pyridine rings is 1. The fourth-order valence-electron chi connectivity index (χ4n) is 5.23. The quantitative estimate of drug-likeness (QED) is 0.376. The first kappa shape index (κ1) is 24.1. The summed E-state index contributed by atoms with van der Waals surface area (Å²) in [5.74, 6) is 2.28. The number of anilines is 1. The Balaban J connectivity index is 1.34. The zero-order chi connectivity index (χ0) is 25.2. The van der Waals surface area contributed by atoms with Gasteiger partial charge in [-0.15, -0.1) is 0 Å². The van der Waals surface area contributed by atoms with Crippen molar-refractivity contribution < 1.29 is 9.47 Å². The Morgan fingerprint density at radius 3 is 2.44 bits per heavy atom. The van der Waals surface area contributed by atoms with E-state index in [0.717, 1.165) is 67.6 Å². The minimum atomic E-state index is -0.0137. The van der Waals surface area contributed by atoms with Gasteiger partial charge in [0.05, 0.1) is 31.1 Å². The Morgan fingerprint density at radius 1 is 0.944 bits per heavy atom. The van der Waals surface area contributed by atoms with Crippen LogP contribution in [0.2, 0.25) is 0 Å². The third-order valence-electron chi connectivity index (χ3n) is 7.08. The first-order valence-corrected chi connectivity index (χ1v) is 12.6. The molecule has 0 aliphatic carbocycles. The van der Waals surface area contributed by atoms with Gasteiger partial charge in [-0.1, -0.05) is 19.1 Å². The highest BCUT2D eigenvalue weighted by Gasteiger charge is 2.21. The van der Waals surface area contributed by atoms with Gasteiger partial charge in [0, 0.05) is 45.2 Å². The molecule has 9 heteroatoms. The van der Waals surface area contributed by atoms with Gasteiger partial charge in [0.15, 0.2) is 5.65 Å². The number of aryl methyl sites for hydroxylation is 3. The SMILES string of the molecule is CCc1nc(C)c2c(=O)n(CCCN3CCN(c4ccccc4OC)CC3)c3ccc(OC)nc3n12. The number of fused-ring (bicyclic) bond motifs is 3. The summed E-state index contributed by atoms with van der Waals surface area (Å²) < 4.78 is 14.7. The van der Waals surface area contributed by atoms with Gasteiger partial charge < -0.3 is 18.9 Å². The van der Waals surface area contributed by atoms with Crippen LogP contribution >= 0.6 is 0 Å². The molecule has 1 saturated heterocycles. The maximum Gasteiger partial charge on any atom is 0.277 e. The zero-order valence-electron chi connectivity index (χ0n) is 21.5. The van der Waals surface area contributed by atoms with E-state index in [1.807, 2.05) is 47.1 Å². The molecule has 1 aliphatic rings. The number of rotatable bonds is 8. The van der Waals surface area contributed by atoms with Crippen LogP contribution in [-0.4, -0.2) is 70.8 Å². The van der Waals surface area contributed by atoms with Crippen molar-refractivity contribution in [3.63, 3.8) is 0 Å². The third-order valence-corrected chi connectivity index (χ3v) is 7.08. The number of benzene rings is 1. The summed E-state index contributed by atoms with van der Waals surface area (Å²) in [7, 11) is 3.33. The predicted octanol–water partition coefficient (Wildman–Crippen LogP) is 3.14. The summed E-state index contributed by atoms with van der Waals surface area (Å²) in [6, 6.07) is 11.9. The van der Waals surface area contributed by atoms with Crippen molar-refractivity contribution >= 4 is 22.4 Å². The molecule has 0 amide bonds. The van der Waals surface area contributed by atoms with E-state index in [0.29, 0.717) is 30.0 Å². The highest BCUT2D eigenvalue weighted by atomic mass is 16.5. The van der Waals surface area contributed by atoms with Crippen LogP contribution in [0.5, 0.6) is 11.6 Å². The molecule has 36 heavy (non-hydrogen) atoms. The van der Waals surface area contributed by atoms with Crippen LogP contribution in [0.3, 0.4) is 0 Å². The van der Waals surface area contributed by atoms with Crippen LogP contribution in [0.25, 0.3) is 16.7 Å². The molecule has 5 rings (SSSR count). The molecule has 0 unspecified atom stereocenters. The Bertz CT molecular complexity index is 1440. The molecule has 4 heterocycles. The molecule has 0 saturated carbocycles. The van der Waals surface area contributed by atoms with E-state index < -0.39 is 0 Å². The number of methoxy groups -OCH3 is 2. The second-order valence-electron chi connectivity index (χ2n) is 9.16. The average Bonchev–Trinajstić information content (AvgIpc) is 3.27. The summed E-state index contributed by atoms with van der Waals surface area (Å²) in [6.45, 7) is 9.36. The molecule has 0 N–H and O–H groups in total. The number of nitrogens with zero attached hydrogens (tertiary/aromatic N) is 6. The van der Waals surface area contributed by atoms with Crippen molar-refractivity contribution in [3.05, 3.63) is 58.3 Å². The highest BCUT2D eigenvalue weighted by molar-refractivity contribution is 5.77. The number of hydrogen-bond donors (Lipinski definition) is 0. The predicted molar refractivity (Wildman–Crippen MR) is 142 cm³/mol. The smallest absolute Gasteiger partial charge is 0.277 e. The van der Waals surface area contributed by atoms with E-state index in [1.165, 1.54) is 0 Å². The van der Waals surface area contributed by atoms with E-state index in [9.17, 15) is 4.79 Å². The van der Waals surface area contributed by atoms with Crippen molar-refractivity contribution in [2.24, 2.45) is 0 Å². The second-order valence-corrected chi connectivity index (χ2v) is 9.16. The third kappa shape index (κ3) is 4.28. The van der Waals surface area contributed by atoms with Crippen molar-refractivity contribution in [2.75, 3.05) is 51.8 Å². The largest absolute Gasteiger partial charge is 0.495 e. The topological polar surface area (TPSA) is 77.1 Å². The van der Waals surface area contributed by atoms with E-state index >= 15 is 0 Å². The van der Waals surface area contributed by atoms with Crippen LogP contribution < -0.4 is 19.9 Å². The molecule has 4 aromatic rings. The molecule has 0 radical (unpaired) electrons. The number of aromatic nitrogens is 4. The number of ether oxygens (including phenoxy) is 2. The van der Waals surface area contributed by atoms with E-state index in [1.54, 1.807) is 14.2 Å². The fraction of sp³-hybridized carbons (Fsp3) is 0.444. The number of imidazole rings is 1. The van der Waals surface area contributed by atoms with Gasteiger partial charge in [0.1, 0.15) is 17.1 Å². The van der Waals surface area contributed by atoms with Crippen LogP contribution in [0.4, 0.5) is 5.69 Å². The highest BCUT2D eigenvalue weighted by Crippen LogP contribution is 2.28. The van der Waals surface area contributed by atoms with Crippen molar-refractivity contribution in [2.45, 2.75) is 33.2 Å². The minimum Gasteiger partial charge on any atom is -0.495 e. The number of para-hydroxylation sites is 2. The lowest BCUT2D eigenvalue weighted by molar-refractivity contribution is 0.250. The maximum atomic E-state index is 13.6. The minimum absolute atomic E-state index is 0.0137. The van der Waals surface area contributed by atoms with Gasteiger partial charge in [-0.2, -0.15) is 4.98 Å². The van der Waals surface area contributed by atoms with Gasteiger partial charge in [0.25, 0.3) is 5.56 Å². The van der Waals surface area contributed by atoms with Gasteiger partial charge in [0.2, 0.25) is 5.88 Å². The lowest BCUT2D eigenvalue weighted by Gasteiger charge is -2.36.